The first-order valence-corrected chi connectivity index (χ1v) is 10.2. The molecule has 0 heterocycles. The molecule has 2 aromatic carbocycles. The van der Waals surface area contributed by atoms with Gasteiger partial charge in [0.25, 0.3) is 0 Å². The van der Waals surface area contributed by atoms with Crippen molar-refractivity contribution in [1.29, 1.82) is 0 Å². The van der Waals surface area contributed by atoms with E-state index in [0.29, 0.717) is 13.0 Å². The lowest BCUT2D eigenvalue weighted by molar-refractivity contribution is -0.121. The van der Waals surface area contributed by atoms with Crippen LogP contribution in [0.1, 0.15) is 11.1 Å². The van der Waals surface area contributed by atoms with Gasteiger partial charge >= 0.3 is 0 Å². The number of nitrogens with zero attached hydrogens (tertiary/aromatic N) is 1. The van der Waals surface area contributed by atoms with E-state index in [9.17, 15) is 17.6 Å². The van der Waals surface area contributed by atoms with Gasteiger partial charge in [-0.3, -0.25) is 4.79 Å². The summed E-state index contributed by atoms with van der Waals surface area (Å²) in [6, 6.07) is 13.3. The second kappa shape index (κ2) is 9.48. The standard InChI is InChI=1S/C19H23FN2O4S/c1-26-18-10-6-4-7-15(18)11-12-21-19(23)14-22(27(2,24)25)13-16-8-3-5-9-17(16)20/h3-10H,11-14H2,1-2H3,(H,21,23). The molecule has 2 rings (SSSR count). The zero-order chi connectivity index (χ0) is 19.9. The molecule has 0 radical (unpaired) electrons. The molecular weight excluding hydrogens is 371 g/mol. The molecule has 0 aliphatic heterocycles. The minimum atomic E-state index is -3.68. The molecule has 0 aliphatic carbocycles. The smallest absolute Gasteiger partial charge is 0.235 e. The van der Waals surface area contributed by atoms with Gasteiger partial charge in [-0.2, -0.15) is 4.31 Å². The zero-order valence-electron chi connectivity index (χ0n) is 15.3. The number of rotatable bonds is 9. The van der Waals surface area contributed by atoms with E-state index in [2.05, 4.69) is 5.32 Å². The zero-order valence-corrected chi connectivity index (χ0v) is 16.1. The molecule has 0 bridgehead atoms. The molecule has 0 aromatic heterocycles. The van der Waals surface area contributed by atoms with Gasteiger partial charge in [0.15, 0.2) is 0 Å². The Morgan fingerprint density at radius 3 is 2.37 bits per heavy atom. The Morgan fingerprint density at radius 1 is 1.11 bits per heavy atom. The van der Waals surface area contributed by atoms with Crippen LogP contribution in [-0.4, -0.2) is 45.1 Å². The third kappa shape index (κ3) is 6.33. The molecule has 6 nitrogen and oxygen atoms in total. The van der Waals surface area contributed by atoms with Gasteiger partial charge in [0, 0.05) is 18.7 Å². The van der Waals surface area contributed by atoms with Gasteiger partial charge in [-0.1, -0.05) is 36.4 Å². The van der Waals surface area contributed by atoms with Crippen molar-refractivity contribution in [2.75, 3.05) is 26.5 Å². The largest absolute Gasteiger partial charge is 0.496 e. The molecule has 2 aromatic rings. The quantitative estimate of drug-likeness (QED) is 0.705. The molecular formula is C19H23FN2O4S. The molecule has 0 saturated heterocycles. The van der Waals surface area contributed by atoms with E-state index in [0.717, 1.165) is 21.9 Å². The van der Waals surface area contributed by atoms with Crippen molar-refractivity contribution in [3.05, 3.63) is 65.5 Å². The van der Waals surface area contributed by atoms with Gasteiger partial charge < -0.3 is 10.1 Å². The topological polar surface area (TPSA) is 75.7 Å². The van der Waals surface area contributed by atoms with Gasteiger partial charge in [0.2, 0.25) is 15.9 Å². The lowest BCUT2D eigenvalue weighted by Crippen LogP contribution is -2.40. The number of halogens is 1. The summed E-state index contributed by atoms with van der Waals surface area (Å²) in [5.74, 6) is -0.238. The number of hydrogen-bond acceptors (Lipinski definition) is 4. The molecule has 146 valence electrons. The molecule has 8 heteroatoms. The molecule has 0 aliphatic rings. The lowest BCUT2D eigenvalue weighted by Gasteiger charge is -2.20. The van der Waals surface area contributed by atoms with Gasteiger partial charge in [-0.05, 0) is 24.1 Å². The SMILES string of the molecule is COc1ccccc1CCNC(=O)CN(Cc1ccccc1F)S(C)(=O)=O. The monoisotopic (exact) mass is 394 g/mol. The number of nitrogens with one attached hydrogen (secondary N) is 1. The average molecular weight is 394 g/mol. The fourth-order valence-electron chi connectivity index (χ4n) is 2.57. The van der Waals surface area contributed by atoms with Crippen LogP contribution in [0, 0.1) is 5.82 Å². The van der Waals surface area contributed by atoms with Crippen molar-refractivity contribution in [1.82, 2.24) is 9.62 Å². The third-order valence-corrected chi connectivity index (χ3v) is 5.20. The Labute approximate surface area is 159 Å². The van der Waals surface area contributed by atoms with Gasteiger partial charge in [0.1, 0.15) is 11.6 Å². The van der Waals surface area contributed by atoms with Crippen LogP contribution in [0.15, 0.2) is 48.5 Å². The van der Waals surface area contributed by atoms with Crippen molar-refractivity contribution in [2.24, 2.45) is 0 Å². The first kappa shape index (κ1) is 20.9. The van der Waals surface area contributed by atoms with Crippen molar-refractivity contribution in [2.45, 2.75) is 13.0 Å². The number of para-hydroxylation sites is 1. The Bertz CT molecular complexity index is 887. The van der Waals surface area contributed by atoms with Crippen molar-refractivity contribution in [3.63, 3.8) is 0 Å². The highest BCUT2D eigenvalue weighted by Crippen LogP contribution is 2.17. The number of benzene rings is 2. The van der Waals surface area contributed by atoms with Gasteiger partial charge in [-0.25, -0.2) is 12.8 Å². The maximum atomic E-state index is 13.8. The van der Waals surface area contributed by atoms with Crippen LogP contribution in [0.3, 0.4) is 0 Å². The number of methoxy groups -OCH3 is 1. The van der Waals surface area contributed by atoms with Crippen LogP contribution >= 0.6 is 0 Å². The number of carbonyl (C=O) groups is 1. The molecule has 0 saturated carbocycles. The predicted molar refractivity (Wildman–Crippen MR) is 101 cm³/mol. The second-order valence-corrected chi connectivity index (χ2v) is 8.02. The minimum Gasteiger partial charge on any atom is -0.496 e. The Kier molecular flexibility index (Phi) is 7.32. The summed E-state index contributed by atoms with van der Waals surface area (Å²) in [6.45, 7) is -0.249. The van der Waals surface area contributed by atoms with Crippen LogP contribution in [0.4, 0.5) is 4.39 Å². The second-order valence-electron chi connectivity index (χ2n) is 6.03. The highest BCUT2D eigenvalue weighted by molar-refractivity contribution is 7.88. The van der Waals surface area contributed by atoms with Crippen molar-refractivity contribution in [3.8, 4) is 5.75 Å². The van der Waals surface area contributed by atoms with E-state index in [-0.39, 0.29) is 18.7 Å². The van der Waals surface area contributed by atoms with E-state index in [1.807, 2.05) is 24.3 Å². The number of carbonyl (C=O) groups excluding carboxylic acids is 1. The summed E-state index contributed by atoms with van der Waals surface area (Å²) in [7, 11) is -2.10. The Morgan fingerprint density at radius 2 is 1.74 bits per heavy atom. The summed E-state index contributed by atoms with van der Waals surface area (Å²) >= 11 is 0. The molecule has 1 N–H and O–H groups in total. The van der Waals surface area contributed by atoms with Crippen molar-refractivity contribution < 1.29 is 22.3 Å². The van der Waals surface area contributed by atoms with Crippen LogP contribution in [-0.2, 0) is 27.8 Å². The first-order valence-electron chi connectivity index (χ1n) is 8.38. The number of sulfonamides is 1. The highest BCUT2D eigenvalue weighted by Gasteiger charge is 2.21. The fraction of sp³-hybridized carbons (Fsp3) is 0.316. The van der Waals surface area contributed by atoms with Crippen LogP contribution in [0.2, 0.25) is 0 Å². The van der Waals surface area contributed by atoms with Crippen LogP contribution in [0.25, 0.3) is 0 Å². The first-order chi connectivity index (χ1) is 12.8. The fourth-order valence-corrected chi connectivity index (χ4v) is 3.29. The van der Waals surface area contributed by atoms with E-state index < -0.39 is 21.7 Å². The van der Waals surface area contributed by atoms with E-state index in [1.54, 1.807) is 13.2 Å². The van der Waals surface area contributed by atoms with Gasteiger partial charge in [-0.15, -0.1) is 0 Å². The van der Waals surface area contributed by atoms with E-state index in [4.69, 9.17) is 4.74 Å². The van der Waals surface area contributed by atoms with Crippen LogP contribution < -0.4 is 10.1 Å². The normalized spacial score (nSPS) is 11.4. The predicted octanol–water partition coefficient (Wildman–Crippen LogP) is 1.95. The maximum Gasteiger partial charge on any atom is 0.235 e. The summed E-state index contributed by atoms with van der Waals surface area (Å²) in [6.07, 6.45) is 1.54. The number of hydrogen-bond donors (Lipinski definition) is 1. The lowest BCUT2D eigenvalue weighted by atomic mass is 10.1. The van der Waals surface area contributed by atoms with Crippen molar-refractivity contribution >= 4 is 15.9 Å². The average Bonchev–Trinajstić information content (AvgIpc) is 2.62. The number of ether oxygens (including phenoxy) is 1. The van der Waals surface area contributed by atoms with Crippen LogP contribution in [0.5, 0.6) is 5.75 Å². The summed E-state index contributed by atoms with van der Waals surface area (Å²) in [5, 5.41) is 2.69. The van der Waals surface area contributed by atoms with E-state index in [1.165, 1.54) is 18.2 Å². The molecule has 27 heavy (non-hydrogen) atoms. The summed E-state index contributed by atoms with van der Waals surface area (Å²) < 4.78 is 43.9. The highest BCUT2D eigenvalue weighted by atomic mass is 32.2. The Hall–Kier alpha value is -2.45. The molecule has 0 unspecified atom stereocenters. The minimum absolute atomic E-state index is 0.203. The van der Waals surface area contributed by atoms with E-state index >= 15 is 0 Å². The summed E-state index contributed by atoms with van der Waals surface area (Å²) in [5.41, 5.74) is 1.15. The Balaban J connectivity index is 1.95. The third-order valence-electron chi connectivity index (χ3n) is 4.00. The molecule has 0 atom stereocenters. The molecule has 1 amide bonds. The number of amides is 1. The summed E-state index contributed by atoms with van der Waals surface area (Å²) in [4.78, 5) is 12.2. The maximum absolute atomic E-state index is 13.8. The van der Waals surface area contributed by atoms with Gasteiger partial charge in [0.05, 0.1) is 19.9 Å². The molecule has 0 spiro atoms. The molecule has 0 fully saturated rings.